The Morgan fingerprint density at radius 3 is 2.64 bits per heavy atom. The quantitative estimate of drug-likeness (QED) is 0.674. The predicted octanol–water partition coefficient (Wildman–Crippen LogP) is 3.36. The van der Waals surface area contributed by atoms with Gasteiger partial charge < -0.3 is 0 Å². The van der Waals surface area contributed by atoms with Crippen LogP contribution in [-0.2, 0) is 0 Å². The van der Waals surface area contributed by atoms with Crippen molar-refractivity contribution in [3.63, 3.8) is 0 Å². The molecule has 0 heterocycles. The van der Waals surface area contributed by atoms with E-state index < -0.39 is 0 Å². The fourth-order valence-corrected chi connectivity index (χ4v) is 1.22. The van der Waals surface area contributed by atoms with Crippen molar-refractivity contribution in [1.29, 1.82) is 0 Å². The lowest BCUT2D eigenvalue weighted by Gasteiger charge is -2.07. The maximum atomic E-state index is 13.2. The number of ketones is 1. The van der Waals surface area contributed by atoms with Crippen LogP contribution >= 0.6 is 0 Å². The molecule has 2 heteroatoms. The first-order valence-electron chi connectivity index (χ1n) is 4.86. The second kappa shape index (κ2) is 4.36. The minimum absolute atomic E-state index is 0.0198. The van der Waals surface area contributed by atoms with Crippen LogP contribution in [0.5, 0.6) is 0 Å². The number of carbonyl (C=O) groups is 1. The molecule has 0 aromatic heterocycles. The average molecular weight is 194 g/mol. The van der Waals surface area contributed by atoms with Crippen molar-refractivity contribution in [2.24, 2.45) is 5.92 Å². The van der Waals surface area contributed by atoms with E-state index in [1.807, 2.05) is 13.8 Å². The zero-order valence-electron chi connectivity index (χ0n) is 8.80. The number of hydrogen-bond acceptors (Lipinski definition) is 1. The highest BCUT2D eigenvalue weighted by molar-refractivity contribution is 5.97. The van der Waals surface area contributed by atoms with Gasteiger partial charge in [0.05, 0.1) is 0 Å². The number of benzene rings is 1. The minimum atomic E-state index is -0.306. The van der Waals surface area contributed by atoms with Gasteiger partial charge in [0.15, 0.2) is 5.78 Å². The highest BCUT2D eigenvalue weighted by Crippen LogP contribution is 2.15. The molecule has 14 heavy (non-hydrogen) atoms. The van der Waals surface area contributed by atoms with E-state index in [-0.39, 0.29) is 17.5 Å². The van der Waals surface area contributed by atoms with Crippen molar-refractivity contribution in [3.8, 4) is 0 Å². The van der Waals surface area contributed by atoms with E-state index in [1.165, 1.54) is 6.07 Å². The van der Waals surface area contributed by atoms with E-state index >= 15 is 0 Å². The molecule has 1 aromatic carbocycles. The lowest BCUT2D eigenvalue weighted by molar-refractivity contribution is 0.0927. The van der Waals surface area contributed by atoms with Gasteiger partial charge in [0, 0.05) is 11.5 Å². The van der Waals surface area contributed by atoms with Crippen LogP contribution < -0.4 is 0 Å². The Balaban J connectivity index is 2.97. The number of aryl methyl sites for hydroxylation is 1. The first kappa shape index (κ1) is 10.9. The predicted molar refractivity (Wildman–Crippen MR) is 54.9 cm³/mol. The van der Waals surface area contributed by atoms with Gasteiger partial charge >= 0.3 is 0 Å². The molecule has 1 nitrogen and oxygen atoms in total. The molecule has 0 bridgehead atoms. The summed E-state index contributed by atoms with van der Waals surface area (Å²) in [5.41, 5.74) is 1.05. The van der Waals surface area contributed by atoms with Crippen molar-refractivity contribution in [1.82, 2.24) is 0 Å². The number of Topliss-reactive ketones (excluding diaryl/α,β-unsaturated/α-hetero) is 1. The van der Waals surface area contributed by atoms with E-state index in [4.69, 9.17) is 0 Å². The molecular weight excluding hydrogens is 179 g/mol. The monoisotopic (exact) mass is 194 g/mol. The summed E-state index contributed by atoms with van der Waals surface area (Å²) in [6.45, 7) is 5.50. The Morgan fingerprint density at radius 1 is 1.50 bits per heavy atom. The van der Waals surface area contributed by atoms with Crippen LogP contribution in [0.2, 0.25) is 0 Å². The third-order valence-corrected chi connectivity index (χ3v) is 2.52. The Morgan fingerprint density at radius 2 is 2.14 bits per heavy atom. The van der Waals surface area contributed by atoms with Crippen LogP contribution in [0.15, 0.2) is 18.2 Å². The highest BCUT2D eigenvalue weighted by Gasteiger charge is 2.13. The lowest BCUT2D eigenvalue weighted by Crippen LogP contribution is -2.10. The van der Waals surface area contributed by atoms with Crippen LogP contribution in [0.25, 0.3) is 0 Å². The summed E-state index contributed by atoms with van der Waals surface area (Å²) in [4.78, 5) is 11.7. The molecule has 1 aromatic rings. The first-order valence-corrected chi connectivity index (χ1v) is 4.86. The van der Waals surface area contributed by atoms with Crippen LogP contribution in [0, 0.1) is 18.7 Å². The molecule has 1 rings (SSSR count). The van der Waals surface area contributed by atoms with Crippen molar-refractivity contribution < 1.29 is 9.18 Å². The molecule has 0 fully saturated rings. The smallest absolute Gasteiger partial charge is 0.165 e. The normalized spacial score (nSPS) is 12.6. The van der Waals surface area contributed by atoms with Crippen molar-refractivity contribution in [2.75, 3.05) is 0 Å². The molecule has 0 radical (unpaired) electrons. The van der Waals surface area contributed by atoms with E-state index in [0.717, 1.165) is 6.42 Å². The minimum Gasteiger partial charge on any atom is -0.294 e. The van der Waals surface area contributed by atoms with Crippen molar-refractivity contribution in [3.05, 3.63) is 35.1 Å². The molecule has 0 N–H and O–H groups in total. The Labute approximate surface area is 83.9 Å². The molecule has 0 amide bonds. The number of rotatable bonds is 3. The molecule has 1 atom stereocenters. The van der Waals surface area contributed by atoms with Crippen LogP contribution in [0.1, 0.15) is 36.2 Å². The van der Waals surface area contributed by atoms with Gasteiger partial charge in [0.2, 0.25) is 0 Å². The van der Waals surface area contributed by atoms with Crippen LogP contribution in [-0.4, -0.2) is 5.78 Å². The summed E-state index contributed by atoms with van der Waals surface area (Å²) in [5.74, 6) is -0.317. The summed E-state index contributed by atoms with van der Waals surface area (Å²) in [5, 5.41) is 0. The van der Waals surface area contributed by atoms with Crippen molar-refractivity contribution >= 4 is 5.78 Å². The molecule has 0 aliphatic heterocycles. The lowest BCUT2D eigenvalue weighted by atomic mass is 9.96. The fourth-order valence-electron chi connectivity index (χ4n) is 1.22. The number of halogens is 1. The van der Waals surface area contributed by atoms with Gasteiger partial charge in [-0.1, -0.05) is 26.0 Å². The molecule has 0 spiro atoms. The van der Waals surface area contributed by atoms with Crippen LogP contribution in [0.3, 0.4) is 0 Å². The largest absolute Gasteiger partial charge is 0.294 e. The van der Waals surface area contributed by atoms with Gasteiger partial charge in [-0.05, 0) is 25.0 Å². The molecule has 0 aliphatic carbocycles. The molecule has 0 saturated carbocycles. The maximum absolute atomic E-state index is 13.2. The van der Waals surface area contributed by atoms with E-state index in [9.17, 15) is 9.18 Å². The Bertz CT molecular complexity index is 344. The topological polar surface area (TPSA) is 17.1 Å². The fraction of sp³-hybridized carbons (Fsp3) is 0.417. The average Bonchev–Trinajstić information content (AvgIpc) is 2.20. The Hall–Kier alpha value is -1.18. The van der Waals surface area contributed by atoms with E-state index in [2.05, 4.69) is 0 Å². The van der Waals surface area contributed by atoms with Gasteiger partial charge in [0.1, 0.15) is 5.82 Å². The van der Waals surface area contributed by atoms with E-state index in [0.29, 0.717) is 11.1 Å². The molecule has 1 unspecified atom stereocenters. The van der Waals surface area contributed by atoms with E-state index in [1.54, 1.807) is 19.1 Å². The van der Waals surface area contributed by atoms with Gasteiger partial charge in [-0.25, -0.2) is 4.39 Å². The second-order valence-electron chi connectivity index (χ2n) is 3.64. The zero-order chi connectivity index (χ0) is 10.7. The summed E-state index contributed by atoms with van der Waals surface area (Å²) in [7, 11) is 0. The summed E-state index contributed by atoms with van der Waals surface area (Å²) in [6.07, 6.45) is 0.786. The third kappa shape index (κ3) is 2.19. The SMILES string of the molecule is CCC(C)C(=O)c1ccc(C)c(F)c1. The molecule has 0 saturated heterocycles. The third-order valence-electron chi connectivity index (χ3n) is 2.52. The molecule has 76 valence electrons. The summed E-state index contributed by atoms with van der Waals surface area (Å²) in [6, 6.07) is 4.65. The maximum Gasteiger partial charge on any atom is 0.165 e. The summed E-state index contributed by atoms with van der Waals surface area (Å²) >= 11 is 0. The highest BCUT2D eigenvalue weighted by atomic mass is 19.1. The van der Waals surface area contributed by atoms with Crippen molar-refractivity contribution in [2.45, 2.75) is 27.2 Å². The summed E-state index contributed by atoms with van der Waals surface area (Å²) < 4.78 is 13.2. The standard InChI is InChI=1S/C12H15FO/c1-4-8(2)12(14)10-6-5-9(3)11(13)7-10/h5-8H,4H2,1-3H3. The number of carbonyl (C=O) groups excluding carboxylic acids is 1. The molecule has 0 aliphatic rings. The van der Waals surface area contributed by atoms with Gasteiger partial charge in [-0.3, -0.25) is 4.79 Å². The zero-order valence-corrected chi connectivity index (χ0v) is 8.80. The van der Waals surface area contributed by atoms with Gasteiger partial charge in [0.25, 0.3) is 0 Å². The van der Waals surface area contributed by atoms with Gasteiger partial charge in [-0.2, -0.15) is 0 Å². The Kier molecular flexibility index (Phi) is 3.39. The first-order chi connectivity index (χ1) is 6.56. The second-order valence-corrected chi connectivity index (χ2v) is 3.64. The number of hydrogen-bond donors (Lipinski definition) is 0. The van der Waals surface area contributed by atoms with Crippen LogP contribution in [0.4, 0.5) is 4.39 Å². The van der Waals surface area contributed by atoms with Gasteiger partial charge in [-0.15, -0.1) is 0 Å². The molecular formula is C12H15FO.